The zero-order chi connectivity index (χ0) is 11.9. The van der Waals surface area contributed by atoms with Gasteiger partial charge in [-0.2, -0.15) is 0 Å². The molecule has 0 amide bonds. The van der Waals surface area contributed by atoms with Gasteiger partial charge >= 0.3 is 0 Å². The lowest BCUT2D eigenvalue weighted by atomic mass is 9.68. The molecule has 2 aliphatic carbocycles. The minimum Gasteiger partial charge on any atom is -0.438 e. The van der Waals surface area contributed by atoms with Crippen molar-refractivity contribution in [2.75, 3.05) is 0 Å². The molecule has 0 aromatic rings. The van der Waals surface area contributed by atoms with E-state index in [9.17, 15) is 4.80 Å². The first kappa shape index (κ1) is 13.6. The van der Waals surface area contributed by atoms with Crippen molar-refractivity contribution in [1.29, 1.82) is 0 Å². The van der Waals surface area contributed by atoms with E-state index in [4.69, 9.17) is 0 Å². The van der Waals surface area contributed by atoms with Crippen molar-refractivity contribution >= 4 is 9.76 Å². The van der Waals surface area contributed by atoms with E-state index in [0.717, 1.165) is 17.8 Å². The molecule has 0 saturated heterocycles. The lowest BCUT2D eigenvalue weighted by molar-refractivity contribution is 0.139. The van der Waals surface area contributed by atoms with Crippen LogP contribution in [0.1, 0.15) is 70.6 Å². The van der Waals surface area contributed by atoms with Crippen LogP contribution in [0, 0.1) is 17.8 Å². The fourth-order valence-electron chi connectivity index (χ4n) is 4.31. The highest BCUT2D eigenvalue weighted by atomic mass is 28.2. The van der Waals surface area contributed by atoms with Gasteiger partial charge in [-0.05, 0) is 23.8 Å². The maximum atomic E-state index is 9.25. The van der Waals surface area contributed by atoms with Gasteiger partial charge in [-0.3, -0.25) is 0 Å². The Labute approximate surface area is 109 Å². The van der Waals surface area contributed by atoms with Crippen LogP contribution in [0.4, 0.5) is 0 Å². The van der Waals surface area contributed by atoms with Crippen molar-refractivity contribution in [3.05, 3.63) is 0 Å². The summed E-state index contributed by atoms with van der Waals surface area (Å²) in [4.78, 5) is 9.25. The van der Waals surface area contributed by atoms with Crippen LogP contribution in [-0.4, -0.2) is 14.6 Å². The van der Waals surface area contributed by atoms with Crippen molar-refractivity contribution in [2.24, 2.45) is 17.8 Å². The van der Waals surface area contributed by atoms with E-state index in [2.05, 4.69) is 0 Å². The average molecular weight is 254 g/mol. The van der Waals surface area contributed by atoms with Gasteiger partial charge < -0.3 is 4.80 Å². The molecule has 0 unspecified atom stereocenters. The molecule has 2 rings (SSSR count). The molecule has 17 heavy (non-hydrogen) atoms. The molecule has 0 aromatic heterocycles. The van der Waals surface area contributed by atoms with Gasteiger partial charge in [-0.15, -0.1) is 0 Å². The van der Waals surface area contributed by atoms with Crippen molar-refractivity contribution in [2.45, 2.75) is 76.7 Å². The van der Waals surface area contributed by atoms with Crippen LogP contribution >= 0.6 is 0 Å². The topological polar surface area (TPSA) is 20.2 Å². The number of hydrogen-bond acceptors (Lipinski definition) is 1. The Morgan fingerprint density at radius 2 is 1.29 bits per heavy atom. The summed E-state index contributed by atoms with van der Waals surface area (Å²) in [5.41, 5.74) is 0. The standard InChI is InChI=1S/C15H30OSi/c16-17-12-11-15(13-7-3-1-4-8-13)14-9-5-2-6-10-14/h13-16H,1-12,17H2. The lowest BCUT2D eigenvalue weighted by Gasteiger charge is -2.38. The predicted octanol–water partition coefficient (Wildman–Crippen LogP) is 3.65. The van der Waals surface area contributed by atoms with E-state index in [0.29, 0.717) is 0 Å². The largest absolute Gasteiger partial charge is 0.438 e. The first-order valence-corrected chi connectivity index (χ1v) is 9.66. The molecule has 0 radical (unpaired) electrons. The SMILES string of the molecule is O[SiH2]CCC(C1CCCCC1)C1CCCCC1. The minimum absolute atomic E-state index is 0.700. The average Bonchev–Trinajstić information content (AvgIpc) is 2.42. The minimum atomic E-state index is -0.700. The second-order valence-electron chi connectivity index (χ2n) is 6.33. The maximum absolute atomic E-state index is 9.25. The summed E-state index contributed by atoms with van der Waals surface area (Å²) in [5.74, 6) is 3.02. The molecule has 1 nitrogen and oxygen atoms in total. The van der Waals surface area contributed by atoms with Crippen molar-refractivity contribution in [3.8, 4) is 0 Å². The fourth-order valence-corrected chi connectivity index (χ4v) is 4.96. The summed E-state index contributed by atoms with van der Waals surface area (Å²) in [7, 11) is -0.700. The Kier molecular flexibility index (Phi) is 6.06. The summed E-state index contributed by atoms with van der Waals surface area (Å²) in [6.07, 6.45) is 16.2. The highest BCUT2D eigenvalue weighted by Crippen LogP contribution is 2.42. The molecule has 0 aliphatic heterocycles. The summed E-state index contributed by atoms with van der Waals surface area (Å²) in [5, 5.41) is 0. The summed E-state index contributed by atoms with van der Waals surface area (Å²) < 4.78 is 0. The second kappa shape index (κ2) is 7.58. The van der Waals surface area contributed by atoms with Crippen LogP contribution in [0.3, 0.4) is 0 Å². The molecular weight excluding hydrogens is 224 g/mol. The monoisotopic (exact) mass is 254 g/mol. The van der Waals surface area contributed by atoms with E-state index >= 15 is 0 Å². The third-order valence-electron chi connectivity index (χ3n) is 5.21. The fraction of sp³-hybridized carbons (Fsp3) is 1.00. The Balaban J connectivity index is 1.90. The first-order chi connectivity index (χ1) is 8.42. The van der Waals surface area contributed by atoms with Crippen molar-refractivity contribution in [3.63, 3.8) is 0 Å². The Morgan fingerprint density at radius 3 is 1.71 bits per heavy atom. The zero-order valence-electron chi connectivity index (χ0n) is 11.4. The van der Waals surface area contributed by atoms with Gasteiger partial charge in [0.15, 0.2) is 9.76 Å². The predicted molar refractivity (Wildman–Crippen MR) is 76.8 cm³/mol. The van der Waals surface area contributed by atoms with E-state index in [1.807, 2.05) is 0 Å². The van der Waals surface area contributed by atoms with Crippen LogP contribution in [0.25, 0.3) is 0 Å². The lowest BCUT2D eigenvalue weighted by Crippen LogP contribution is -2.27. The van der Waals surface area contributed by atoms with Gasteiger partial charge in [0, 0.05) is 0 Å². The molecule has 2 heteroatoms. The molecule has 2 aliphatic rings. The number of hydrogen-bond donors (Lipinski definition) is 1. The van der Waals surface area contributed by atoms with Crippen molar-refractivity contribution in [1.82, 2.24) is 0 Å². The second-order valence-corrected chi connectivity index (χ2v) is 7.48. The molecule has 0 heterocycles. The van der Waals surface area contributed by atoms with Gasteiger partial charge in [-0.1, -0.05) is 70.6 Å². The van der Waals surface area contributed by atoms with E-state index in [1.54, 1.807) is 0 Å². The van der Waals surface area contributed by atoms with Gasteiger partial charge in [0.2, 0.25) is 0 Å². The van der Waals surface area contributed by atoms with Gasteiger partial charge in [0.25, 0.3) is 0 Å². The van der Waals surface area contributed by atoms with E-state index in [1.165, 1.54) is 76.7 Å². The quantitative estimate of drug-likeness (QED) is 0.743. The molecule has 0 spiro atoms. The van der Waals surface area contributed by atoms with Gasteiger partial charge in [0.1, 0.15) is 0 Å². The Bertz CT molecular complexity index is 177. The maximum Gasteiger partial charge on any atom is 0.156 e. The molecule has 1 N–H and O–H groups in total. The summed E-state index contributed by atoms with van der Waals surface area (Å²) in [6, 6.07) is 1.18. The van der Waals surface area contributed by atoms with Gasteiger partial charge in [0.05, 0.1) is 0 Å². The Morgan fingerprint density at radius 1 is 0.824 bits per heavy atom. The molecule has 0 atom stereocenters. The number of rotatable bonds is 5. The summed E-state index contributed by atoms with van der Waals surface area (Å²) >= 11 is 0. The van der Waals surface area contributed by atoms with Crippen molar-refractivity contribution < 1.29 is 4.80 Å². The van der Waals surface area contributed by atoms with E-state index in [-0.39, 0.29) is 0 Å². The molecule has 0 bridgehead atoms. The Hall–Kier alpha value is 0.177. The molecule has 100 valence electrons. The zero-order valence-corrected chi connectivity index (χ0v) is 12.8. The summed E-state index contributed by atoms with van der Waals surface area (Å²) in [6.45, 7) is 0. The van der Waals surface area contributed by atoms with Crippen LogP contribution < -0.4 is 0 Å². The van der Waals surface area contributed by atoms with Crippen LogP contribution in [0.5, 0.6) is 0 Å². The van der Waals surface area contributed by atoms with Crippen LogP contribution in [0.2, 0.25) is 6.04 Å². The van der Waals surface area contributed by atoms with Crippen LogP contribution in [0.15, 0.2) is 0 Å². The highest BCUT2D eigenvalue weighted by Gasteiger charge is 2.30. The smallest absolute Gasteiger partial charge is 0.156 e. The highest BCUT2D eigenvalue weighted by molar-refractivity contribution is 6.25. The first-order valence-electron chi connectivity index (χ1n) is 8.02. The molecule has 2 saturated carbocycles. The molecular formula is C15H30OSi. The third kappa shape index (κ3) is 4.10. The van der Waals surface area contributed by atoms with Gasteiger partial charge in [-0.25, -0.2) is 0 Å². The normalized spacial score (nSPS) is 25.1. The molecule has 0 aromatic carbocycles. The third-order valence-corrected chi connectivity index (χ3v) is 5.93. The molecule has 2 fully saturated rings. The van der Waals surface area contributed by atoms with E-state index < -0.39 is 9.76 Å². The van der Waals surface area contributed by atoms with Crippen LogP contribution in [-0.2, 0) is 0 Å².